The Labute approximate surface area is 217 Å². The Morgan fingerprint density at radius 2 is 1.89 bits per heavy atom. The number of hydrogen-bond donors (Lipinski definition) is 0. The molecular weight excluding hydrogens is 521 g/mol. The first-order valence-corrected chi connectivity index (χ1v) is 13.6. The number of halogens is 3. The van der Waals surface area contributed by atoms with Crippen molar-refractivity contribution in [2.24, 2.45) is 0 Å². The number of nitrogens with zero attached hydrogens (tertiary/aromatic N) is 4. The summed E-state index contributed by atoms with van der Waals surface area (Å²) in [7, 11) is -3.28. The molecule has 4 aromatic rings. The zero-order chi connectivity index (χ0) is 27.5. The van der Waals surface area contributed by atoms with Gasteiger partial charge in [0, 0.05) is 29.7 Å². The predicted octanol–water partition coefficient (Wildman–Crippen LogP) is 5.22. The predicted molar refractivity (Wildman–Crippen MR) is 134 cm³/mol. The van der Waals surface area contributed by atoms with Crippen LogP contribution >= 0.6 is 0 Å². The number of hydrogen-bond acceptors (Lipinski definition) is 7. The number of aromatic nitrogens is 3. The van der Waals surface area contributed by atoms with Crippen LogP contribution < -0.4 is 9.47 Å². The van der Waals surface area contributed by atoms with Gasteiger partial charge in [0.1, 0.15) is 41.3 Å². The van der Waals surface area contributed by atoms with E-state index < -0.39 is 27.3 Å². The van der Waals surface area contributed by atoms with E-state index in [1.54, 1.807) is 48.0 Å². The lowest BCUT2D eigenvalue weighted by Gasteiger charge is -2.17. The number of fused-ring (bicyclic) bond motifs is 1. The average Bonchev–Trinajstić information content (AvgIpc) is 3.27. The van der Waals surface area contributed by atoms with Gasteiger partial charge in [0.25, 0.3) is 0 Å². The number of rotatable bonds is 9. The van der Waals surface area contributed by atoms with Crippen molar-refractivity contribution in [3.63, 3.8) is 0 Å². The van der Waals surface area contributed by atoms with Gasteiger partial charge < -0.3 is 14.0 Å². The minimum Gasteiger partial charge on any atom is -0.492 e. The van der Waals surface area contributed by atoms with Crippen LogP contribution in [0, 0.1) is 11.3 Å². The third kappa shape index (κ3) is 6.23. The molecule has 0 aliphatic carbocycles. The van der Waals surface area contributed by atoms with Crippen molar-refractivity contribution in [1.29, 1.82) is 5.26 Å². The van der Waals surface area contributed by atoms with E-state index in [2.05, 4.69) is 9.97 Å². The number of ether oxygens (including phenoxy) is 2. The van der Waals surface area contributed by atoms with Crippen molar-refractivity contribution in [2.75, 3.05) is 12.9 Å². The fourth-order valence-corrected chi connectivity index (χ4v) is 4.43. The van der Waals surface area contributed by atoms with Crippen molar-refractivity contribution in [2.45, 2.75) is 31.9 Å². The van der Waals surface area contributed by atoms with Gasteiger partial charge in [0.2, 0.25) is 0 Å². The monoisotopic (exact) mass is 544 g/mol. The third-order valence-corrected chi connectivity index (χ3v) is 6.21. The van der Waals surface area contributed by atoms with Crippen molar-refractivity contribution in [1.82, 2.24) is 14.5 Å². The third-order valence-electron chi connectivity index (χ3n) is 5.43. The fraction of sp³-hybridized carbons (Fsp3) is 0.269. The Morgan fingerprint density at radius 3 is 2.58 bits per heavy atom. The molecule has 4 rings (SSSR count). The quantitative estimate of drug-likeness (QED) is 0.284. The van der Waals surface area contributed by atoms with Crippen LogP contribution in [-0.4, -0.2) is 35.8 Å². The van der Waals surface area contributed by atoms with E-state index in [9.17, 15) is 26.9 Å². The first-order valence-electron chi connectivity index (χ1n) is 11.5. The maximum absolute atomic E-state index is 13.9. The molecule has 0 radical (unpaired) electrons. The van der Waals surface area contributed by atoms with Crippen LogP contribution in [0.1, 0.15) is 36.0 Å². The standard InChI is InChI=1S/C26H23F3N4O4S/c1-3-10-36-25-18(14-30)11-20(13-22(25)26(27,28)29)33-9-7-17-12-21(4-5-23(17)33)37-15-19-6-8-31-24(32-19)16-38(2,34)35/h4-9,11-13H,3,10,15-16H2,1-2H3. The first kappa shape index (κ1) is 26.9. The zero-order valence-electron chi connectivity index (χ0n) is 20.5. The number of nitriles is 1. The van der Waals surface area contributed by atoms with Gasteiger partial charge in [0.05, 0.1) is 23.4 Å². The van der Waals surface area contributed by atoms with Crippen molar-refractivity contribution in [3.8, 4) is 23.3 Å². The van der Waals surface area contributed by atoms with E-state index in [4.69, 9.17) is 9.47 Å². The Morgan fingerprint density at radius 1 is 1.11 bits per heavy atom. The molecule has 2 aromatic heterocycles. The largest absolute Gasteiger partial charge is 0.492 e. The van der Waals surface area contributed by atoms with E-state index >= 15 is 0 Å². The molecule has 2 heterocycles. The molecule has 12 heteroatoms. The summed E-state index contributed by atoms with van der Waals surface area (Å²) < 4.78 is 77.2. The highest BCUT2D eigenvalue weighted by Gasteiger charge is 2.36. The summed E-state index contributed by atoms with van der Waals surface area (Å²) in [6.45, 7) is 1.88. The van der Waals surface area contributed by atoms with Gasteiger partial charge >= 0.3 is 6.18 Å². The Hall–Kier alpha value is -4.11. The topological polar surface area (TPSA) is 107 Å². The van der Waals surface area contributed by atoms with Crippen LogP contribution in [0.25, 0.3) is 16.6 Å². The summed E-state index contributed by atoms with van der Waals surface area (Å²) in [4.78, 5) is 8.16. The van der Waals surface area contributed by atoms with E-state index in [0.717, 1.165) is 12.3 Å². The molecule has 38 heavy (non-hydrogen) atoms. The van der Waals surface area contributed by atoms with Gasteiger partial charge in [-0.3, -0.25) is 0 Å². The van der Waals surface area contributed by atoms with Crippen LogP contribution in [0.2, 0.25) is 0 Å². The minimum absolute atomic E-state index is 0.0559. The molecule has 2 aromatic carbocycles. The molecule has 0 amide bonds. The summed E-state index contributed by atoms with van der Waals surface area (Å²) in [6, 6.07) is 12.6. The Kier molecular flexibility index (Phi) is 7.59. The second-order valence-electron chi connectivity index (χ2n) is 8.56. The maximum atomic E-state index is 13.9. The highest BCUT2D eigenvalue weighted by atomic mass is 32.2. The molecule has 0 saturated heterocycles. The van der Waals surface area contributed by atoms with Gasteiger partial charge in [-0.15, -0.1) is 0 Å². The minimum atomic E-state index is -4.71. The zero-order valence-corrected chi connectivity index (χ0v) is 21.3. The van der Waals surface area contributed by atoms with Crippen LogP contribution in [0.3, 0.4) is 0 Å². The summed E-state index contributed by atoms with van der Waals surface area (Å²) in [5.74, 6) is -0.102. The van der Waals surface area contributed by atoms with Crippen LogP contribution in [0.4, 0.5) is 13.2 Å². The Bertz CT molecular complexity index is 1630. The second kappa shape index (κ2) is 10.7. The summed E-state index contributed by atoms with van der Waals surface area (Å²) in [5.41, 5.74) is 0.0485. The molecule has 0 aliphatic heterocycles. The molecule has 0 unspecified atom stereocenters. The van der Waals surface area contributed by atoms with Crippen LogP contribution in [-0.2, 0) is 28.4 Å². The average molecular weight is 545 g/mol. The highest BCUT2D eigenvalue weighted by Crippen LogP contribution is 2.40. The van der Waals surface area contributed by atoms with Crippen molar-refractivity contribution < 1.29 is 31.1 Å². The molecule has 0 aliphatic rings. The van der Waals surface area contributed by atoms with Gasteiger partial charge in [-0.1, -0.05) is 6.92 Å². The second-order valence-corrected chi connectivity index (χ2v) is 10.7. The lowest BCUT2D eigenvalue weighted by Crippen LogP contribution is -2.12. The Balaban J connectivity index is 1.62. The van der Waals surface area contributed by atoms with Crippen molar-refractivity contribution >= 4 is 20.7 Å². The van der Waals surface area contributed by atoms with Crippen LogP contribution in [0.5, 0.6) is 11.5 Å². The van der Waals surface area contributed by atoms with Crippen molar-refractivity contribution in [3.05, 3.63) is 77.5 Å². The summed E-state index contributed by atoms with van der Waals surface area (Å²) >= 11 is 0. The normalized spacial score (nSPS) is 11.9. The fourth-order valence-electron chi connectivity index (χ4n) is 3.82. The van der Waals surface area contributed by atoms with E-state index in [1.165, 1.54) is 12.3 Å². The van der Waals surface area contributed by atoms with Gasteiger partial charge in [0.15, 0.2) is 9.84 Å². The lowest BCUT2D eigenvalue weighted by molar-refractivity contribution is -0.139. The van der Waals surface area contributed by atoms with E-state index in [-0.39, 0.29) is 36.0 Å². The molecule has 198 valence electrons. The smallest absolute Gasteiger partial charge is 0.420 e. The van der Waals surface area contributed by atoms with Crippen LogP contribution in [0.15, 0.2) is 54.9 Å². The molecule has 0 bridgehead atoms. The molecule has 0 atom stereocenters. The molecular formula is C26H23F3N4O4S. The number of benzene rings is 2. The van der Waals surface area contributed by atoms with Gasteiger partial charge in [-0.05, 0) is 48.9 Å². The molecule has 0 N–H and O–H groups in total. The summed E-state index contributed by atoms with van der Waals surface area (Å²) in [5, 5.41) is 10.2. The first-order chi connectivity index (χ1) is 18.0. The lowest BCUT2D eigenvalue weighted by atomic mass is 10.1. The maximum Gasteiger partial charge on any atom is 0.420 e. The molecule has 0 saturated carbocycles. The molecule has 8 nitrogen and oxygen atoms in total. The van der Waals surface area contributed by atoms with E-state index in [0.29, 0.717) is 28.8 Å². The summed E-state index contributed by atoms with van der Waals surface area (Å²) in [6.07, 6.45) is -0.0503. The molecule has 0 fully saturated rings. The SMILES string of the molecule is CCCOc1c(C#N)cc(-n2ccc3cc(OCc4ccnc(CS(C)(=O)=O)n4)ccc32)cc1C(F)(F)F. The van der Waals surface area contributed by atoms with Gasteiger partial charge in [-0.25, -0.2) is 18.4 Å². The van der Waals surface area contributed by atoms with E-state index in [1.807, 2.05) is 6.07 Å². The number of sulfone groups is 1. The number of alkyl halides is 3. The molecule has 0 spiro atoms. The highest BCUT2D eigenvalue weighted by molar-refractivity contribution is 7.89. The van der Waals surface area contributed by atoms with Gasteiger partial charge in [-0.2, -0.15) is 18.4 Å².